The van der Waals surface area contributed by atoms with Crippen molar-refractivity contribution in [1.82, 2.24) is 9.97 Å². The van der Waals surface area contributed by atoms with Gasteiger partial charge < -0.3 is 11.1 Å². The Hall–Kier alpha value is -1.98. The number of benzene rings is 1. The molecule has 2 aromatic rings. The molecule has 1 aliphatic rings. The second-order valence-electron chi connectivity index (χ2n) is 4.73. The number of nitrogens with two attached hydrogens (primary N) is 1. The van der Waals surface area contributed by atoms with Gasteiger partial charge in [-0.15, -0.1) is 0 Å². The number of rotatable bonds is 2. The quantitative estimate of drug-likeness (QED) is 0.830. The van der Waals surface area contributed by atoms with E-state index in [1.807, 2.05) is 36.4 Å². The lowest BCUT2D eigenvalue weighted by Crippen LogP contribution is -2.24. The average Bonchev–Trinajstić information content (AvgIpc) is 2.86. The average molecular weight is 289 g/mol. The number of anilines is 1. The normalized spacial score (nSPS) is 21.3. The molecule has 102 valence electrons. The van der Waals surface area contributed by atoms with Crippen LogP contribution < -0.4 is 11.1 Å². The highest BCUT2D eigenvalue weighted by atomic mass is 35.5. The molecule has 0 bridgehead atoms. The summed E-state index contributed by atoms with van der Waals surface area (Å²) < 4.78 is 0. The van der Waals surface area contributed by atoms with Crippen LogP contribution in [0.4, 0.5) is 5.82 Å². The molecule has 1 aliphatic carbocycles. The summed E-state index contributed by atoms with van der Waals surface area (Å²) in [5.74, 6) is -0.126. The van der Waals surface area contributed by atoms with Crippen LogP contribution in [0.1, 0.15) is 6.42 Å². The van der Waals surface area contributed by atoms with Gasteiger partial charge >= 0.3 is 0 Å². The number of carbonyl (C=O) groups excluding carboxylic acids is 1. The Morgan fingerprint density at radius 1 is 1.25 bits per heavy atom. The van der Waals surface area contributed by atoms with E-state index in [2.05, 4.69) is 15.3 Å². The van der Waals surface area contributed by atoms with E-state index in [-0.39, 0.29) is 28.8 Å². The van der Waals surface area contributed by atoms with Crippen LogP contribution in [0.15, 0.2) is 36.4 Å². The lowest BCUT2D eigenvalue weighted by molar-refractivity contribution is -0.118. The van der Waals surface area contributed by atoms with Gasteiger partial charge in [-0.25, -0.2) is 9.97 Å². The number of hydrogen-bond acceptors (Lipinski definition) is 4. The van der Waals surface area contributed by atoms with Gasteiger partial charge in [0, 0.05) is 6.04 Å². The zero-order valence-corrected chi connectivity index (χ0v) is 11.3. The van der Waals surface area contributed by atoms with Gasteiger partial charge in [-0.2, -0.15) is 0 Å². The lowest BCUT2D eigenvalue weighted by atomic mass is 10.1. The zero-order valence-electron chi connectivity index (χ0n) is 10.6. The molecule has 6 heteroatoms. The summed E-state index contributed by atoms with van der Waals surface area (Å²) in [5, 5.41) is 2.90. The van der Waals surface area contributed by atoms with Crippen molar-refractivity contribution < 1.29 is 4.79 Å². The van der Waals surface area contributed by atoms with Crippen LogP contribution in [0.5, 0.6) is 0 Å². The Bertz CT molecular complexity index is 701. The third-order valence-corrected chi connectivity index (χ3v) is 3.49. The van der Waals surface area contributed by atoms with Crippen LogP contribution >= 0.6 is 11.6 Å². The van der Waals surface area contributed by atoms with Crippen molar-refractivity contribution in [3.05, 3.63) is 41.6 Å². The molecule has 0 saturated heterocycles. The van der Waals surface area contributed by atoms with E-state index in [4.69, 9.17) is 17.3 Å². The molecule has 5 nitrogen and oxygen atoms in total. The number of nitrogens with one attached hydrogen (secondary N) is 1. The predicted octanol–water partition coefficient (Wildman–Crippen LogP) is 2.13. The molecular formula is C14H13ClN4O. The van der Waals surface area contributed by atoms with Crippen LogP contribution in [0.3, 0.4) is 0 Å². The van der Waals surface area contributed by atoms with Crippen LogP contribution in [-0.4, -0.2) is 21.9 Å². The number of para-hydroxylation sites is 2. The van der Waals surface area contributed by atoms with Crippen LogP contribution in [0.2, 0.25) is 5.15 Å². The Morgan fingerprint density at radius 2 is 1.95 bits per heavy atom. The highest BCUT2D eigenvalue weighted by Gasteiger charge is 2.23. The van der Waals surface area contributed by atoms with Gasteiger partial charge in [0.15, 0.2) is 11.0 Å². The standard InChI is InChI=1S/C14H13ClN4O/c15-12-13(18-11-4-2-1-3-10(11)17-12)19-14(20)8-5-6-9(16)7-8/h1-6,8-9H,7,16H2,(H,18,19,20). The number of fused-ring (bicyclic) bond motifs is 1. The first-order valence-corrected chi connectivity index (χ1v) is 6.68. The summed E-state index contributed by atoms with van der Waals surface area (Å²) in [4.78, 5) is 20.6. The van der Waals surface area contributed by atoms with E-state index in [9.17, 15) is 4.79 Å². The van der Waals surface area contributed by atoms with Crippen molar-refractivity contribution in [3.8, 4) is 0 Å². The van der Waals surface area contributed by atoms with Crippen LogP contribution in [0, 0.1) is 5.92 Å². The van der Waals surface area contributed by atoms with Gasteiger partial charge in [-0.1, -0.05) is 35.9 Å². The van der Waals surface area contributed by atoms with Gasteiger partial charge in [0.25, 0.3) is 0 Å². The maximum absolute atomic E-state index is 12.1. The minimum Gasteiger partial charge on any atom is -0.324 e. The van der Waals surface area contributed by atoms with Gasteiger partial charge in [0.2, 0.25) is 5.91 Å². The van der Waals surface area contributed by atoms with E-state index < -0.39 is 0 Å². The maximum Gasteiger partial charge on any atom is 0.232 e. The summed E-state index contributed by atoms with van der Waals surface area (Å²) in [6.07, 6.45) is 4.24. The molecule has 3 N–H and O–H groups in total. The fraction of sp³-hybridized carbons (Fsp3) is 0.214. The Balaban J connectivity index is 1.85. The molecule has 1 heterocycles. The Morgan fingerprint density at radius 3 is 2.60 bits per heavy atom. The molecule has 0 fully saturated rings. The van der Waals surface area contributed by atoms with E-state index in [1.54, 1.807) is 0 Å². The molecule has 1 aromatic heterocycles. The summed E-state index contributed by atoms with van der Waals surface area (Å²) in [7, 11) is 0. The first kappa shape index (κ1) is 13.0. The minimum absolute atomic E-state index is 0.0658. The van der Waals surface area contributed by atoms with Crippen molar-refractivity contribution in [2.75, 3.05) is 5.32 Å². The van der Waals surface area contributed by atoms with E-state index in [1.165, 1.54) is 0 Å². The number of halogens is 1. The highest BCUT2D eigenvalue weighted by molar-refractivity contribution is 6.32. The molecule has 0 radical (unpaired) electrons. The molecule has 0 aliphatic heterocycles. The van der Waals surface area contributed by atoms with E-state index >= 15 is 0 Å². The molecule has 0 saturated carbocycles. The Kier molecular flexibility index (Phi) is 3.38. The SMILES string of the molecule is NC1C=CC(C(=O)Nc2nc3ccccc3nc2Cl)C1. The van der Waals surface area contributed by atoms with Gasteiger partial charge in [0.05, 0.1) is 17.0 Å². The molecular weight excluding hydrogens is 276 g/mol. The van der Waals surface area contributed by atoms with Gasteiger partial charge in [-0.05, 0) is 18.6 Å². The van der Waals surface area contributed by atoms with Crippen molar-refractivity contribution >= 4 is 34.4 Å². The molecule has 2 atom stereocenters. The summed E-state index contributed by atoms with van der Waals surface area (Å²) >= 11 is 6.05. The number of nitrogens with zero attached hydrogens (tertiary/aromatic N) is 2. The Labute approximate surface area is 120 Å². The monoisotopic (exact) mass is 288 g/mol. The molecule has 0 spiro atoms. The number of hydrogen-bond donors (Lipinski definition) is 2. The largest absolute Gasteiger partial charge is 0.324 e. The first-order valence-electron chi connectivity index (χ1n) is 6.30. The summed E-state index contributed by atoms with van der Waals surface area (Å²) in [5.41, 5.74) is 7.12. The van der Waals surface area contributed by atoms with Crippen molar-refractivity contribution in [1.29, 1.82) is 0 Å². The second-order valence-corrected chi connectivity index (χ2v) is 5.09. The third-order valence-electron chi connectivity index (χ3n) is 3.22. The molecule has 2 unspecified atom stereocenters. The fourth-order valence-corrected chi connectivity index (χ4v) is 2.37. The topological polar surface area (TPSA) is 80.9 Å². The van der Waals surface area contributed by atoms with Crippen molar-refractivity contribution in [3.63, 3.8) is 0 Å². The smallest absolute Gasteiger partial charge is 0.232 e. The van der Waals surface area contributed by atoms with E-state index in [0.717, 1.165) is 0 Å². The van der Waals surface area contributed by atoms with Crippen LogP contribution in [-0.2, 0) is 4.79 Å². The number of amides is 1. The van der Waals surface area contributed by atoms with E-state index in [0.29, 0.717) is 17.5 Å². The second kappa shape index (κ2) is 5.19. The van der Waals surface area contributed by atoms with Crippen molar-refractivity contribution in [2.24, 2.45) is 11.7 Å². The van der Waals surface area contributed by atoms with Gasteiger partial charge in [-0.3, -0.25) is 4.79 Å². The third kappa shape index (κ3) is 2.50. The fourth-order valence-electron chi connectivity index (χ4n) is 2.19. The highest BCUT2D eigenvalue weighted by Crippen LogP contribution is 2.23. The minimum atomic E-state index is -0.241. The zero-order chi connectivity index (χ0) is 14.1. The molecule has 1 amide bonds. The maximum atomic E-state index is 12.1. The first-order chi connectivity index (χ1) is 9.63. The molecule has 3 rings (SSSR count). The molecule has 1 aromatic carbocycles. The van der Waals surface area contributed by atoms with Gasteiger partial charge in [0.1, 0.15) is 0 Å². The number of aromatic nitrogens is 2. The summed E-state index contributed by atoms with van der Waals surface area (Å²) in [6, 6.07) is 7.29. The lowest BCUT2D eigenvalue weighted by Gasteiger charge is -2.11. The number of carbonyl (C=O) groups is 1. The van der Waals surface area contributed by atoms with Crippen molar-refractivity contribution in [2.45, 2.75) is 12.5 Å². The predicted molar refractivity (Wildman–Crippen MR) is 78.4 cm³/mol. The van der Waals surface area contributed by atoms with Crippen LogP contribution in [0.25, 0.3) is 11.0 Å². The summed E-state index contributed by atoms with van der Waals surface area (Å²) in [6.45, 7) is 0. The molecule has 20 heavy (non-hydrogen) atoms.